The van der Waals surface area contributed by atoms with Crippen LogP contribution in [0.1, 0.15) is 12.8 Å². The first-order valence-corrected chi connectivity index (χ1v) is 7.46. The molecule has 5 nitrogen and oxygen atoms in total. The molecule has 2 fully saturated rings. The molecule has 2 aliphatic rings. The Hall–Kier alpha value is -1.24. The van der Waals surface area contributed by atoms with E-state index in [9.17, 15) is 4.39 Å². The van der Waals surface area contributed by atoms with Crippen molar-refractivity contribution in [2.24, 2.45) is 0 Å². The molecule has 2 aromatic heterocycles. The van der Waals surface area contributed by atoms with Gasteiger partial charge in [0.2, 0.25) is 5.28 Å². The lowest BCUT2D eigenvalue weighted by atomic mass is 10.2. The molecule has 1 saturated carbocycles. The van der Waals surface area contributed by atoms with Crippen molar-refractivity contribution in [2.45, 2.75) is 25.0 Å². The van der Waals surface area contributed by atoms with Gasteiger partial charge in [-0.2, -0.15) is 4.98 Å². The second-order valence-corrected chi connectivity index (χ2v) is 5.90. The summed E-state index contributed by atoms with van der Waals surface area (Å²) in [6.45, 7) is 1.51. The smallest absolute Gasteiger partial charge is 0.225 e. The predicted molar refractivity (Wildman–Crippen MR) is 77.4 cm³/mol. The second-order valence-electron chi connectivity index (χ2n) is 5.20. The first-order chi connectivity index (χ1) is 10.1. The first kappa shape index (κ1) is 13.4. The van der Waals surface area contributed by atoms with Gasteiger partial charge in [0.1, 0.15) is 11.3 Å². The molecule has 2 aromatic rings. The zero-order valence-electron chi connectivity index (χ0n) is 10.9. The van der Waals surface area contributed by atoms with E-state index in [0.717, 1.165) is 26.0 Å². The van der Waals surface area contributed by atoms with Crippen LogP contribution >= 0.6 is 23.2 Å². The molecule has 110 valence electrons. The zero-order chi connectivity index (χ0) is 14.6. The third kappa shape index (κ3) is 2.22. The van der Waals surface area contributed by atoms with Crippen LogP contribution in [0.15, 0.2) is 6.20 Å². The Kier molecular flexibility index (Phi) is 3.13. The van der Waals surface area contributed by atoms with E-state index in [1.807, 2.05) is 0 Å². The van der Waals surface area contributed by atoms with Crippen LogP contribution < -0.4 is 4.90 Å². The fraction of sp³-hybridized carbons (Fsp3) is 0.462. The zero-order valence-corrected chi connectivity index (χ0v) is 12.4. The van der Waals surface area contributed by atoms with Crippen LogP contribution in [-0.2, 0) is 4.74 Å². The van der Waals surface area contributed by atoms with Gasteiger partial charge >= 0.3 is 0 Å². The molecule has 0 N–H and O–H groups in total. The Balaban J connectivity index is 1.90. The normalized spacial score (nSPS) is 24.8. The SMILES string of the molecule is Fc1c(Cl)ncc2c(N3CCCOC4CC43)nc(Cl)nc12. The Morgan fingerprint density at radius 2 is 2.19 bits per heavy atom. The number of ether oxygens (including phenoxy) is 1. The van der Waals surface area contributed by atoms with Crippen molar-refractivity contribution < 1.29 is 9.13 Å². The number of pyridine rings is 1. The van der Waals surface area contributed by atoms with Gasteiger partial charge in [-0.25, -0.2) is 14.4 Å². The van der Waals surface area contributed by atoms with Crippen LogP contribution in [0.5, 0.6) is 0 Å². The average molecular weight is 329 g/mol. The highest BCUT2D eigenvalue weighted by Gasteiger charge is 2.45. The lowest BCUT2D eigenvalue weighted by Gasteiger charge is -2.23. The van der Waals surface area contributed by atoms with E-state index in [0.29, 0.717) is 11.2 Å². The van der Waals surface area contributed by atoms with E-state index in [1.165, 1.54) is 6.20 Å². The third-order valence-electron chi connectivity index (χ3n) is 3.84. The summed E-state index contributed by atoms with van der Waals surface area (Å²) in [7, 11) is 0. The van der Waals surface area contributed by atoms with Gasteiger partial charge in [-0.3, -0.25) is 0 Å². The van der Waals surface area contributed by atoms with Crippen LogP contribution in [0.3, 0.4) is 0 Å². The van der Waals surface area contributed by atoms with Crippen LogP contribution in [0.4, 0.5) is 10.2 Å². The highest BCUT2D eigenvalue weighted by atomic mass is 35.5. The van der Waals surface area contributed by atoms with Crippen LogP contribution in [0.2, 0.25) is 10.4 Å². The molecule has 0 amide bonds. The van der Waals surface area contributed by atoms with Crippen molar-refractivity contribution in [3.05, 3.63) is 22.5 Å². The van der Waals surface area contributed by atoms with E-state index in [-0.39, 0.29) is 28.1 Å². The summed E-state index contributed by atoms with van der Waals surface area (Å²) in [6, 6.07) is 0.264. The van der Waals surface area contributed by atoms with E-state index in [2.05, 4.69) is 19.9 Å². The number of fused-ring (bicyclic) bond motifs is 2. The van der Waals surface area contributed by atoms with Gasteiger partial charge in [0.05, 0.1) is 17.5 Å². The van der Waals surface area contributed by atoms with Gasteiger partial charge in [-0.1, -0.05) is 11.6 Å². The quantitative estimate of drug-likeness (QED) is 0.595. The molecule has 0 aromatic carbocycles. The Labute approximate surface area is 130 Å². The standard InChI is InChI=1S/C13H11Cl2FN4O/c14-11-9(16)10-6(5-17-11)12(19-13(15)18-10)20-2-1-3-21-8-4-7(8)20/h5,7-8H,1-4H2. The van der Waals surface area contributed by atoms with Gasteiger partial charge in [0.25, 0.3) is 0 Å². The van der Waals surface area contributed by atoms with Crippen molar-refractivity contribution in [3.8, 4) is 0 Å². The number of aromatic nitrogens is 3. The minimum Gasteiger partial charge on any atom is -0.376 e. The fourth-order valence-corrected chi connectivity index (χ4v) is 3.08. The summed E-state index contributed by atoms with van der Waals surface area (Å²) >= 11 is 11.7. The molecule has 3 heterocycles. The number of hydrogen-bond acceptors (Lipinski definition) is 5. The molecular formula is C13H11Cl2FN4O. The summed E-state index contributed by atoms with van der Waals surface area (Å²) in [5, 5.41) is 0.307. The maximum absolute atomic E-state index is 14.1. The molecule has 1 saturated heterocycles. The third-order valence-corrected chi connectivity index (χ3v) is 4.27. The Morgan fingerprint density at radius 1 is 1.33 bits per heavy atom. The molecule has 1 aliphatic heterocycles. The molecule has 2 unspecified atom stereocenters. The topological polar surface area (TPSA) is 51.1 Å². The summed E-state index contributed by atoms with van der Waals surface area (Å²) in [4.78, 5) is 14.2. The summed E-state index contributed by atoms with van der Waals surface area (Å²) in [5.41, 5.74) is 0.104. The number of nitrogens with zero attached hydrogens (tertiary/aromatic N) is 4. The van der Waals surface area contributed by atoms with Gasteiger partial charge in [-0.05, 0) is 24.4 Å². The highest BCUT2D eigenvalue weighted by Crippen LogP contribution is 2.39. The maximum atomic E-state index is 14.1. The van der Waals surface area contributed by atoms with Crippen LogP contribution in [-0.4, -0.2) is 40.2 Å². The van der Waals surface area contributed by atoms with Crippen molar-refractivity contribution >= 4 is 39.9 Å². The lowest BCUT2D eigenvalue weighted by molar-refractivity contribution is 0.124. The Morgan fingerprint density at radius 3 is 3.05 bits per heavy atom. The predicted octanol–water partition coefficient (Wildman–Crippen LogP) is 2.84. The number of anilines is 1. The molecule has 21 heavy (non-hydrogen) atoms. The monoisotopic (exact) mass is 328 g/mol. The van der Waals surface area contributed by atoms with Gasteiger partial charge < -0.3 is 9.64 Å². The number of rotatable bonds is 1. The van der Waals surface area contributed by atoms with Gasteiger partial charge in [0, 0.05) is 19.3 Å². The minimum absolute atomic E-state index is 0.000956. The number of halogens is 3. The summed E-state index contributed by atoms with van der Waals surface area (Å²) in [6.07, 6.45) is 3.56. The molecule has 0 spiro atoms. The van der Waals surface area contributed by atoms with Crippen molar-refractivity contribution in [1.82, 2.24) is 15.0 Å². The highest BCUT2D eigenvalue weighted by molar-refractivity contribution is 6.30. The lowest BCUT2D eigenvalue weighted by Crippen LogP contribution is -2.29. The molecule has 2 atom stereocenters. The Bertz CT molecular complexity index is 729. The molecular weight excluding hydrogens is 318 g/mol. The fourth-order valence-electron chi connectivity index (χ4n) is 2.78. The van der Waals surface area contributed by atoms with E-state index in [1.54, 1.807) is 0 Å². The molecule has 4 rings (SSSR count). The van der Waals surface area contributed by atoms with Gasteiger partial charge in [0.15, 0.2) is 11.0 Å². The van der Waals surface area contributed by atoms with E-state index < -0.39 is 5.82 Å². The average Bonchev–Trinajstić information content (AvgIpc) is 3.22. The second kappa shape index (κ2) is 4.90. The largest absolute Gasteiger partial charge is 0.376 e. The van der Waals surface area contributed by atoms with Crippen molar-refractivity contribution in [2.75, 3.05) is 18.1 Å². The molecule has 8 heteroatoms. The van der Waals surface area contributed by atoms with Gasteiger partial charge in [-0.15, -0.1) is 0 Å². The number of hydrogen-bond donors (Lipinski definition) is 0. The molecule has 0 radical (unpaired) electrons. The summed E-state index contributed by atoms with van der Waals surface area (Å²) < 4.78 is 19.8. The molecule has 1 aliphatic carbocycles. The molecule has 0 bridgehead atoms. The van der Waals surface area contributed by atoms with Crippen molar-refractivity contribution in [3.63, 3.8) is 0 Å². The summed E-state index contributed by atoms with van der Waals surface area (Å²) in [5.74, 6) is -0.0656. The van der Waals surface area contributed by atoms with E-state index >= 15 is 0 Å². The van der Waals surface area contributed by atoms with E-state index in [4.69, 9.17) is 27.9 Å². The minimum atomic E-state index is -0.668. The maximum Gasteiger partial charge on any atom is 0.225 e. The van der Waals surface area contributed by atoms with Crippen molar-refractivity contribution in [1.29, 1.82) is 0 Å². The van der Waals surface area contributed by atoms with Crippen LogP contribution in [0.25, 0.3) is 10.9 Å². The van der Waals surface area contributed by atoms with Crippen LogP contribution in [0, 0.1) is 5.82 Å². The first-order valence-electron chi connectivity index (χ1n) is 6.70.